The van der Waals surface area contributed by atoms with Gasteiger partial charge in [-0.25, -0.2) is 9.79 Å². The van der Waals surface area contributed by atoms with Crippen LogP contribution in [0.2, 0.25) is 5.02 Å². The number of aliphatic imine (C=N–C) groups is 1. The standard InChI is InChI=1S/C29H23ClN2O3S/c1-2-35-29(34)26-27(33)25(36-28(26)31-22-8-4-3-5-9-22)16-20-18-32(24-11-7-6-10-23(20)24)17-19-12-14-21(30)15-13-19/h3-16,18,33H,2,17H2,1H3/b25-16-,31-28?. The number of carbonyl (C=O) groups is 1. The van der Waals surface area contributed by atoms with Crippen LogP contribution in [0.25, 0.3) is 17.0 Å². The maximum Gasteiger partial charge on any atom is 0.344 e. The summed E-state index contributed by atoms with van der Waals surface area (Å²) in [5, 5.41) is 13.2. The van der Waals surface area contributed by atoms with Gasteiger partial charge in [0.2, 0.25) is 0 Å². The molecule has 1 N–H and O–H groups in total. The van der Waals surface area contributed by atoms with Crippen LogP contribution in [0.5, 0.6) is 0 Å². The first-order chi connectivity index (χ1) is 17.5. The predicted octanol–water partition coefficient (Wildman–Crippen LogP) is 7.54. The fourth-order valence-electron chi connectivity index (χ4n) is 4.06. The number of hydrogen-bond donors (Lipinski definition) is 1. The van der Waals surface area contributed by atoms with Gasteiger partial charge < -0.3 is 14.4 Å². The lowest BCUT2D eigenvalue weighted by Gasteiger charge is -2.05. The lowest BCUT2D eigenvalue weighted by Crippen LogP contribution is -2.12. The number of para-hydroxylation sites is 2. The van der Waals surface area contributed by atoms with Crippen LogP contribution >= 0.6 is 23.4 Å². The van der Waals surface area contributed by atoms with E-state index >= 15 is 0 Å². The second-order valence-corrected chi connectivity index (χ2v) is 9.63. The van der Waals surface area contributed by atoms with Crippen LogP contribution in [0.15, 0.2) is 106 Å². The summed E-state index contributed by atoms with van der Waals surface area (Å²) in [7, 11) is 0. The molecule has 4 aromatic rings. The molecule has 1 aromatic heterocycles. The Bertz CT molecular complexity index is 1520. The number of ether oxygens (including phenoxy) is 1. The minimum Gasteiger partial charge on any atom is -0.506 e. The Morgan fingerprint density at radius 3 is 2.53 bits per heavy atom. The molecule has 0 atom stereocenters. The van der Waals surface area contributed by atoms with E-state index in [4.69, 9.17) is 16.3 Å². The number of halogens is 1. The smallest absolute Gasteiger partial charge is 0.344 e. The first-order valence-electron chi connectivity index (χ1n) is 11.5. The van der Waals surface area contributed by atoms with Gasteiger partial charge in [0.1, 0.15) is 16.4 Å². The molecule has 0 aliphatic carbocycles. The number of benzene rings is 3. The highest BCUT2D eigenvalue weighted by atomic mass is 35.5. The summed E-state index contributed by atoms with van der Waals surface area (Å²) in [6, 6.07) is 25.2. The molecule has 0 radical (unpaired) electrons. The molecule has 180 valence electrons. The summed E-state index contributed by atoms with van der Waals surface area (Å²) >= 11 is 7.31. The average molecular weight is 515 g/mol. The average Bonchev–Trinajstić information content (AvgIpc) is 3.38. The maximum atomic E-state index is 12.7. The Hall–Kier alpha value is -3.74. The fourth-order valence-corrected chi connectivity index (χ4v) is 5.21. The van der Waals surface area contributed by atoms with E-state index in [1.165, 1.54) is 11.8 Å². The number of hydrogen-bond acceptors (Lipinski definition) is 5. The van der Waals surface area contributed by atoms with Gasteiger partial charge in [-0.1, -0.05) is 71.9 Å². The molecule has 36 heavy (non-hydrogen) atoms. The largest absolute Gasteiger partial charge is 0.506 e. The number of thioether (sulfide) groups is 1. The number of rotatable bonds is 6. The molecule has 1 aliphatic rings. The number of aliphatic hydroxyl groups is 1. The third-order valence-electron chi connectivity index (χ3n) is 5.73. The molecule has 5 nitrogen and oxygen atoms in total. The van der Waals surface area contributed by atoms with E-state index in [1.54, 1.807) is 6.92 Å². The Balaban J connectivity index is 1.56. The van der Waals surface area contributed by atoms with Crippen LogP contribution in [0, 0.1) is 0 Å². The van der Waals surface area contributed by atoms with Crippen LogP contribution < -0.4 is 0 Å². The quantitative estimate of drug-likeness (QED) is 0.270. The van der Waals surface area contributed by atoms with Gasteiger partial charge in [-0.15, -0.1) is 0 Å². The molecule has 0 saturated heterocycles. The van der Waals surface area contributed by atoms with E-state index in [0.717, 1.165) is 22.0 Å². The molecule has 2 heterocycles. The van der Waals surface area contributed by atoms with Gasteiger partial charge in [-0.2, -0.15) is 0 Å². The highest BCUT2D eigenvalue weighted by Gasteiger charge is 2.33. The number of esters is 1. The van der Waals surface area contributed by atoms with E-state index in [1.807, 2.05) is 78.9 Å². The number of nitrogens with zero attached hydrogens (tertiary/aromatic N) is 2. The van der Waals surface area contributed by atoms with Gasteiger partial charge in [-0.05, 0) is 48.9 Å². The van der Waals surface area contributed by atoms with Crippen molar-refractivity contribution in [1.29, 1.82) is 0 Å². The lowest BCUT2D eigenvalue weighted by molar-refractivity contribution is -0.138. The molecule has 7 heteroatoms. The van der Waals surface area contributed by atoms with Crippen LogP contribution in [0.3, 0.4) is 0 Å². The SMILES string of the molecule is CCOC(=O)C1=C(O)/C(=C/c2cn(Cc3ccc(Cl)cc3)c3ccccc23)SC1=Nc1ccccc1. The molecule has 5 rings (SSSR count). The van der Waals surface area contributed by atoms with E-state index in [0.29, 0.717) is 27.2 Å². The number of fused-ring (bicyclic) bond motifs is 1. The predicted molar refractivity (Wildman–Crippen MR) is 148 cm³/mol. The molecular formula is C29H23ClN2O3S. The normalized spacial score (nSPS) is 15.8. The molecular weight excluding hydrogens is 492 g/mol. The van der Waals surface area contributed by atoms with Crippen molar-refractivity contribution in [2.45, 2.75) is 13.5 Å². The number of carbonyl (C=O) groups excluding carboxylic acids is 1. The van der Waals surface area contributed by atoms with Gasteiger partial charge in [0.25, 0.3) is 0 Å². The second-order valence-electron chi connectivity index (χ2n) is 8.16. The van der Waals surface area contributed by atoms with Crippen LogP contribution in [0.4, 0.5) is 5.69 Å². The van der Waals surface area contributed by atoms with Crippen molar-refractivity contribution in [3.63, 3.8) is 0 Å². The van der Waals surface area contributed by atoms with Gasteiger partial charge in [0.15, 0.2) is 0 Å². The minimum atomic E-state index is -0.592. The summed E-state index contributed by atoms with van der Waals surface area (Å²) in [6.45, 7) is 2.61. The molecule has 0 fully saturated rings. The van der Waals surface area contributed by atoms with Crippen LogP contribution in [-0.2, 0) is 16.1 Å². The Labute approximate surface area is 218 Å². The Kier molecular flexibility index (Phi) is 6.98. The molecule has 0 spiro atoms. The van der Waals surface area contributed by atoms with E-state index < -0.39 is 5.97 Å². The zero-order valence-corrected chi connectivity index (χ0v) is 21.1. The van der Waals surface area contributed by atoms with Crippen LogP contribution in [0.1, 0.15) is 18.1 Å². The fraction of sp³-hybridized carbons (Fsp3) is 0.103. The molecule has 0 unspecified atom stereocenters. The zero-order valence-electron chi connectivity index (χ0n) is 19.5. The van der Waals surface area contributed by atoms with Gasteiger partial charge in [-0.3, -0.25) is 0 Å². The summed E-state index contributed by atoms with van der Waals surface area (Å²) < 4.78 is 7.38. The zero-order chi connectivity index (χ0) is 25.1. The second kappa shape index (κ2) is 10.5. The molecule has 3 aromatic carbocycles. The highest BCUT2D eigenvalue weighted by molar-refractivity contribution is 8.18. The van der Waals surface area contributed by atoms with Gasteiger partial charge >= 0.3 is 5.97 Å². The molecule has 1 aliphatic heterocycles. The van der Waals surface area contributed by atoms with Crippen LogP contribution in [-0.4, -0.2) is 27.3 Å². The number of aliphatic hydroxyl groups excluding tert-OH is 1. The van der Waals surface area contributed by atoms with Crippen molar-refractivity contribution in [3.8, 4) is 0 Å². The Morgan fingerprint density at radius 2 is 1.78 bits per heavy atom. The molecule has 0 saturated carbocycles. The van der Waals surface area contributed by atoms with Crippen molar-refractivity contribution in [1.82, 2.24) is 4.57 Å². The maximum absolute atomic E-state index is 12.7. The molecule has 0 amide bonds. The van der Waals surface area contributed by atoms with Gasteiger partial charge in [0, 0.05) is 34.2 Å². The minimum absolute atomic E-state index is 0.0851. The lowest BCUT2D eigenvalue weighted by atomic mass is 10.1. The van der Waals surface area contributed by atoms with E-state index in [-0.39, 0.29) is 17.9 Å². The molecule has 0 bridgehead atoms. The van der Waals surface area contributed by atoms with E-state index in [9.17, 15) is 9.90 Å². The van der Waals surface area contributed by atoms with Crippen molar-refractivity contribution in [3.05, 3.63) is 117 Å². The number of aromatic nitrogens is 1. The monoisotopic (exact) mass is 514 g/mol. The summed E-state index contributed by atoms with van der Waals surface area (Å²) in [5.74, 6) is -0.714. The first kappa shape index (κ1) is 24.0. The third kappa shape index (κ3) is 4.96. The van der Waals surface area contributed by atoms with Crippen molar-refractivity contribution in [2.24, 2.45) is 4.99 Å². The highest BCUT2D eigenvalue weighted by Crippen LogP contribution is 2.41. The Morgan fingerprint density at radius 1 is 1.06 bits per heavy atom. The summed E-state index contributed by atoms with van der Waals surface area (Å²) in [4.78, 5) is 17.9. The summed E-state index contributed by atoms with van der Waals surface area (Å²) in [5.41, 5.74) is 3.89. The van der Waals surface area contributed by atoms with E-state index in [2.05, 4.69) is 21.8 Å². The summed E-state index contributed by atoms with van der Waals surface area (Å²) in [6.07, 6.45) is 3.95. The third-order valence-corrected chi connectivity index (χ3v) is 7.00. The van der Waals surface area contributed by atoms with Crippen molar-refractivity contribution >= 4 is 57.0 Å². The van der Waals surface area contributed by atoms with Crippen molar-refractivity contribution in [2.75, 3.05) is 6.61 Å². The first-order valence-corrected chi connectivity index (χ1v) is 12.7. The topological polar surface area (TPSA) is 63.8 Å². The van der Waals surface area contributed by atoms with Gasteiger partial charge in [0.05, 0.1) is 17.2 Å². The van der Waals surface area contributed by atoms with Crippen molar-refractivity contribution < 1.29 is 14.6 Å².